The van der Waals surface area contributed by atoms with Crippen LogP contribution in [0.5, 0.6) is 0 Å². The first kappa shape index (κ1) is 22.0. The molecule has 3 nitrogen and oxygen atoms in total. The van der Waals surface area contributed by atoms with E-state index in [2.05, 4.69) is 102 Å². The molecule has 0 spiro atoms. The molecule has 3 heterocycles. The molecule has 8 rings (SSSR count). The Morgan fingerprint density at radius 2 is 1.58 bits per heavy atom. The van der Waals surface area contributed by atoms with Gasteiger partial charge in [-0.2, -0.15) is 0 Å². The van der Waals surface area contributed by atoms with Crippen LogP contribution in [0.2, 0.25) is 0 Å². The third-order valence-electron chi connectivity index (χ3n) is 7.77. The molecule has 1 aliphatic carbocycles. The van der Waals surface area contributed by atoms with Gasteiger partial charge in [-0.05, 0) is 74.7 Å². The molecule has 6 aromatic rings. The third-order valence-corrected chi connectivity index (χ3v) is 9.68. The summed E-state index contributed by atoms with van der Waals surface area (Å²) < 4.78 is 2.67. The maximum Gasteiger partial charge on any atom is 0.271 e. The van der Waals surface area contributed by atoms with Crippen molar-refractivity contribution in [3.8, 4) is 0 Å². The van der Waals surface area contributed by atoms with Crippen molar-refractivity contribution in [1.82, 2.24) is 4.57 Å². The second-order valence-corrected chi connectivity index (χ2v) is 11.9. The van der Waals surface area contributed by atoms with E-state index in [0.29, 0.717) is 0 Å². The first-order valence-electron chi connectivity index (χ1n) is 12.8. The summed E-state index contributed by atoms with van der Waals surface area (Å²) in [4.78, 5) is 21.3. The Hall–Kier alpha value is -4.06. The molecule has 4 aromatic carbocycles. The molecule has 38 heavy (non-hydrogen) atoms. The van der Waals surface area contributed by atoms with E-state index in [1.54, 1.807) is 11.3 Å². The summed E-state index contributed by atoms with van der Waals surface area (Å²) >= 11 is 3.22. The first-order chi connectivity index (χ1) is 18.8. The topological polar surface area (TPSA) is 34.4 Å². The Kier molecular flexibility index (Phi) is 4.90. The highest BCUT2D eigenvalue weighted by molar-refractivity contribution is 7.10. The standard InChI is InChI=1S/C33H22N2OS2/c36-32-29(19-27-23-11-4-2-9-21(23)18-22-10-3-5-12-24(22)27)38-33-34-30-25-13-6-1-8-20(25)15-16-26(30)31(35(32)33)28-14-7-17-37-28/h1-14,17-19,31H,15-16H2/b29-19-. The maximum atomic E-state index is 14.2. The van der Waals surface area contributed by atoms with Gasteiger partial charge in [0, 0.05) is 10.4 Å². The zero-order valence-electron chi connectivity index (χ0n) is 20.4. The minimum atomic E-state index is -0.110. The monoisotopic (exact) mass is 526 g/mol. The van der Waals surface area contributed by atoms with E-state index in [-0.39, 0.29) is 11.6 Å². The lowest BCUT2D eigenvalue weighted by Gasteiger charge is -2.30. The van der Waals surface area contributed by atoms with Gasteiger partial charge in [0.25, 0.3) is 5.56 Å². The highest BCUT2D eigenvalue weighted by atomic mass is 32.1. The van der Waals surface area contributed by atoms with Crippen LogP contribution in [0, 0.1) is 0 Å². The van der Waals surface area contributed by atoms with Crippen LogP contribution >= 0.6 is 22.7 Å². The molecular formula is C33H22N2OS2. The number of thiazole rings is 1. The zero-order chi connectivity index (χ0) is 25.2. The van der Waals surface area contributed by atoms with Gasteiger partial charge in [0.2, 0.25) is 0 Å². The molecule has 2 aromatic heterocycles. The van der Waals surface area contributed by atoms with Crippen LogP contribution in [0.3, 0.4) is 0 Å². The molecule has 5 heteroatoms. The summed E-state index contributed by atoms with van der Waals surface area (Å²) in [6.07, 6.45) is 3.98. The summed E-state index contributed by atoms with van der Waals surface area (Å²) in [6.45, 7) is 0. The number of rotatable bonds is 2. The molecular weight excluding hydrogens is 505 g/mol. The van der Waals surface area contributed by atoms with E-state index in [4.69, 9.17) is 4.99 Å². The van der Waals surface area contributed by atoms with Crippen molar-refractivity contribution in [3.63, 3.8) is 0 Å². The summed E-state index contributed by atoms with van der Waals surface area (Å²) in [6, 6.07) is 31.8. The van der Waals surface area contributed by atoms with Crippen LogP contribution in [0.1, 0.15) is 34.0 Å². The van der Waals surface area contributed by atoms with Crippen molar-refractivity contribution in [1.29, 1.82) is 0 Å². The lowest BCUT2D eigenvalue weighted by molar-refractivity contribution is 0.593. The first-order valence-corrected chi connectivity index (χ1v) is 14.5. The molecule has 182 valence electrons. The predicted octanol–water partition coefficient (Wildman–Crippen LogP) is 6.69. The molecule has 1 aliphatic heterocycles. The van der Waals surface area contributed by atoms with Gasteiger partial charge in [-0.15, -0.1) is 11.3 Å². The van der Waals surface area contributed by atoms with Gasteiger partial charge in [-0.1, -0.05) is 90.2 Å². The normalized spacial score (nSPS) is 16.8. The molecule has 0 bridgehead atoms. The number of hydrogen-bond donors (Lipinski definition) is 0. The van der Waals surface area contributed by atoms with E-state index in [1.165, 1.54) is 43.7 Å². The van der Waals surface area contributed by atoms with Crippen LogP contribution < -0.4 is 14.9 Å². The number of hydrogen-bond acceptors (Lipinski definition) is 4. The van der Waals surface area contributed by atoms with Crippen LogP contribution in [-0.2, 0) is 6.42 Å². The lowest BCUT2D eigenvalue weighted by Crippen LogP contribution is -2.38. The average Bonchev–Trinajstić information content (AvgIpc) is 3.60. The van der Waals surface area contributed by atoms with Gasteiger partial charge in [0.15, 0.2) is 4.80 Å². The highest BCUT2D eigenvalue weighted by Gasteiger charge is 2.33. The van der Waals surface area contributed by atoms with Crippen molar-refractivity contribution in [2.24, 2.45) is 4.99 Å². The van der Waals surface area contributed by atoms with Crippen molar-refractivity contribution < 1.29 is 0 Å². The summed E-state index contributed by atoms with van der Waals surface area (Å²) in [7, 11) is 0. The summed E-state index contributed by atoms with van der Waals surface area (Å²) in [5, 5.41) is 6.76. The van der Waals surface area contributed by atoms with Gasteiger partial charge in [0.05, 0.1) is 16.3 Å². The fourth-order valence-electron chi connectivity index (χ4n) is 6.05. The molecule has 0 saturated heterocycles. The third kappa shape index (κ3) is 3.25. The fourth-order valence-corrected chi connectivity index (χ4v) is 7.88. The SMILES string of the molecule is O=c1/c(=C/c2c3ccccc3cc3ccccc23)sc2n1C(c1cccs1)C1=C(N=2)c2ccccc2CC1. The van der Waals surface area contributed by atoms with Crippen molar-refractivity contribution in [2.75, 3.05) is 0 Å². The number of fused-ring (bicyclic) bond motifs is 5. The molecule has 1 atom stereocenters. The smallest absolute Gasteiger partial charge is 0.271 e. The summed E-state index contributed by atoms with van der Waals surface area (Å²) in [5.41, 5.74) is 5.96. The Labute approximate surface area is 227 Å². The molecule has 0 amide bonds. The Balaban J connectivity index is 1.44. The number of allylic oxidation sites excluding steroid dienone is 1. The lowest BCUT2D eigenvalue weighted by atomic mass is 9.85. The largest absolute Gasteiger partial charge is 0.271 e. The molecule has 2 aliphatic rings. The second kappa shape index (κ2) is 8.48. The molecule has 0 saturated carbocycles. The molecule has 0 fully saturated rings. The van der Waals surface area contributed by atoms with E-state index in [9.17, 15) is 4.79 Å². The van der Waals surface area contributed by atoms with Crippen molar-refractivity contribution in [3.05, 3.63) is 143 Å². The van der Waals surface area contributed by atoms with E-state index in [1.807, 2.05) is 4.57 Å². The number of aryl methyl sites for hydroxylation is 1. The fraction of sp³-hybridized carbons (Fsp3) is 0.0909. The van der Waals surface area contributed by atoms with Crippen LogP contribution in [-0.4, -0.2) is 4.57 Å². The van der Waals surface area contributed by atoms with Crippen LogP contribution in [0.15, 0.2) is 112 Å². The van der Waals surface area contributed by atoms with E-state index in [0.717, 1.165) is 44.2 Å². The Morgan fingerprint density at radius 3 is 2.34 bits per heavy atom. The van der Waals surface area contributed by atoms with Crippen molar-refractivity contribution >= 4 is 56.0 Å². The van der Waals surface area contributed by atoms with Gasteiger partial charge in [-0.3, -0.25) is 9.36 Å². The number of thiophene rings is 1. The number of nitrogens with zero attached hydrogens (tertiary/aromatic N) is 2. The Bertz CT molecular complexity index is 2060. The quantitative estimate of drug-likeness (QED) is 0.232. The molecule has 0 N–H and O–H groups in total. The maximum absolute atomic E-state index is 14.2. The van der Waals surface area contributed by atoms with Gasteiger partial charge in [-0.25, -0.2) is 4.99 Å². The molecule has 0 radical (unpaired) electrons. The molecule has 1 unspecified atom stereocenters. The van der Waals surface area contributed by atoms with Gasteiger partial charge < -0.3 is 0 Å². The van der Waals surface area contributed by atoms with Gasteiger partial charge >= 0.3 is 0 Å². The zero-order valence-corrected chi connectivity index (χ0v) is 22.1. The Morgan fingerprint density at radius 1 is 0.842 bits per heavy atom. The highest BCUT2D eigenvalue weighted by Crippen LogP contribution is 2.42. The second-order valence-electron chi connectivity index (χ2n) is 9.86. The average molecular weight is 527 g/mol. The number of aromatic nitrogens is 1. The minimum Gasteiger partial charge on any atom is -0.271 e. The summed E-state index contributed by atoms with van der Waals surface area (Å²) in [5.74, 6) is 0. The minimum absolute atomic E-state index is 0.0366. The van der Waals surface area contributed by atoms with Gasteiger partial charge in [0.1, 0.15) is 0 Å². The van der Waals surface area contributed by atoms with Crippen LogP contribution in [0.4, 0.5) is 0 Å². The predicted molar refractivity (Wildman–Crippen MR) is 159 cm³/mol. The number of benzene rings is 4. The van der Waals surface area contributed by atoms with E-state index < -0.39 is 0 Å². The van der Waals surface area contributed by atoms with E-state index >= 15 is 0 Å². The van der Waals surface area contributed by atoms with Crippen molar-refractivity contribution in [2.45, 2.75) is 18.9 Å². The van der Waals surface area contributed by atoms with Crippen LogP contribution in [0.25, 0.3) is 33.3 Å².